The van der Waals surface area contributed by atoms with Crippen LogP contribution in [-0.4, -0.2) is 42.5 Å². The van der Waals surface area contributed by atoms with Crippen LogP contribution in [0, 0.1) is 5.41 Å². The fraction of sp³-hybridized carbons (Fsp3) is 0.867. The first-order valence-corrected chi connectivity index (χ1v) is 7.37. The Kier molecular flexibility index (Phi) is 5.99. The molecule has 0 aromatic heterocycles. The number of methoxy groups -OCH3 is 1. The molecule has 1 aliphatic rings. The monoisotopic (exact) mass is 284 g/mol. The summed E-state index contributed by atoms with van der Waals surface area (Å²) < 4.78 is 4.71. The topological polar surface area (TPSA) is 72.6 Å². The minimum absolute atomic E-state index is 0.0316. The molecule has 0 aliphatic carbocycles. The number of hydrogen-bond donors (Lipinski definition) is 1. The molecule has 1 fully saturated rings. The Balaban J connectivity index is 2.65. The van der Waals surface area contributed by atoms with Gasteiger partial charge in [0.2, 0.25) is 5.91 Å². The lowest BCUT2D eigenvalue weighted by molar-refractivity contribution is -0.144. The molecule has 2 N–H and O–H groups in total. The zero-order chi connectivity index (χ0) is 15.3. The van der Waals surface area contributed by atoms with Crippen molar-refractivity contribution >= 4 is 11.9 Å². The number of piperidine rings is 1. The van der Waals surface area contributed by atoms with Crippen molar-refractivity contribution in [2.24, 2.45) is 11.1 Å². The highest BCUT2D eigenvalue weighted by Gasteiger charge is 2.31. The third-order valence-corrected chi connectivity index (χ3v) is 4.08. The average Bonchev–Trinajstić information content (AvgIpc) is 2.37. The number of hydrogen-bond acceptors (Lipinski definition) is 4. The van der Waals surface area contributed by atoms with Gasteiger partial charge in [0.15, 0.2) is 0 Å². The molecular formula is C15H28N2O3. The molecule has 20 heavy (non-hydrogen) atoms. The molecule has 0 spiro atoms. The molecule has 0 aromatic rings. The second-order valence-electron chi connectivity index (χ2n) is 6.69. The van der Waals surface area contributed by atoms with Gasteiger partial charge in [-0.1, -0.05) is 20.8 Å². The SMILES string of the molecule is COC(=O)CC1CCCCN1C(=O)CC(N)C(C)(C)C. The summed E-state index contributed by atoms with van der Waals surface area (Å²) in [5.41, 5.74) is 6.00. The van der Waals surface area contributed by atoms with Crippen LogP contribution in [0.1, 0.15) is 52.9 Å². The van der Waals surface area contributed by atoms with Crippen molar-refractivity contribution in [2.75, 3.05) is 13.7 Å². The second kappa shape index (κ2) is 7.07. The van der Waals surface area contributed by atoms with Gasteiger partial charge in [0, 0.05) is 25.0 Å². The van der Waals surface area contributed by atoms with Gasteiger partial charge in [-0.15, -0.1) is 0 Å². The average molecular weight is 284 g/mol. The van der Waals surface area contributed by atoms with Gasteiger partial charge in [0.25, 0.3) is 0 Å². The molecule has 1 heterocycles. The lowest BCUT2D eigenvalue weighted by Crippen LogP contribution is -2.48. The fourth-order valence-electron chi connectivity index (χ4n) is 2.43. The highest BCUT2D eigenvalue weighted by molar-refractivity contribution is 5.78. The predicted octanol–water partition coefficient (Wildman–Crippen LogP) is 1.69. The predicted molar refractivity (Wildman–Crippen MR) is 78.0 cm³/mol. The molecular weight excluding hydrogens is 256 g/mol. The van der Waals surface area contributed by atoms with Crippen LogP contribution in [0.4, 0.5) is 0 Å². The summed E-state index contributed by atoms with van der Waals surface area (Å²) >= 11 is 0. The summed E-state index contributed by atoms with van der Waals surface area (Å²) in [7, 11) is 1.38. The molecule has 0 saturated carbocycles. The molecule has 0 aromatic carbocycles. The number of esters is 1. The molecule has 0 radical (unpaired) electrons. The molecule has 2 atom stereocenters. The zero-order valence-corrected chi connectivity index (χ0v) is 13.1. The summed E-state index contributed by atoms with van der Waals surface area (Å²) in [4.78, 5) is 25.7. The quantitative estimate of drug-likeness (QED) is 0.797. The van der Waals surface area contributed by atoms with E-state index in [1.54, 1.807) is 0 Å². The van der Waals surface area contributed by atoms with Crippen LogP contribution >= 0.6 is 0 Å². The Morgan fingerprint density at radius 1 is 1.35 bits per heavy atom. The number of rotatable bonds is 4. The largest absolute Gasteiger partial charge is 0.469 e. The Labute approximate surface area is 121 Å². The highest BCUT2D eigenvalue weighted by Crippen LogP contribution is 2.24. The fourth-order valence-corrected chi connectivity index (χ4v) is 2.43. The maximum Gasteiger partial charge on any atom is 0.307 e. The Bertz CT molecular complexity index is 350. The Morgan fingerprint density at radius 3 is 2.55 bits per heavy atom. The number of likely N-dealkylation sites (tertiary alicyclic amines) is 1. The summed E-state index contributed by atoms with van der Waals surface area (Å²) in [6.45, 7) is 6.82. The molecule has 2 unspecified atom stereocenters. The van der Waals surface area contributed by atoms with E-state index in [2.05, 4.69) is 0 Å². The van der Waals surface area contributed by atoms with Gasteiger partial charge in [-0.3, -0.25) is 9.59 Å². The Hall–Kier alpha value is -1.10. The standard InChI is InChI=1S/C15H28N2O3/c1-15(2,3)12(16)10-13(18)17-8-6-5-7-11(17)9-14(19)20-4/h11-12H,5-10,16H2,1-4H3. The molecule has 1 rings (SSSR count). The smallest absolute Gasteiger partial charge is 0.307 e. The summed E-state index contributed by atoms with van der Waals surface area (Å²) in [5, 5.41) is 0. The van der Waals surface area contributed by atoms with Gasteiger partial charge >= 0.3 is 5.97 Å². The summed E-state index contributed by atoms with van der Waals surface area (Å²) in [6, 6.07) is -0.202. The van der Waals surface area contributed by atoms with Crippen LogP contribution in [0.15, 0.2) is 0 Å². The van der Waals surface area contributed by atoms with Crippen molar-refractivity contribution in [1.29, 1.82) is 0 Å². The number of amides is 1. The molecule has 1 saturated heterocycles. The van der Waals surface area contributed by atoms with Crippen LogP contribution < -0.4 is 5.73 Å². The van der Waals surface area contributed by atoms with E-state index in [0.717, 1.165) is 25.8 Å². The number of ether oxygens (including phenoxy) is 1. The van der Waals surface area contributed by atoms with Gasteiger partial charge in [0.1, 0.15) is 0 Å². The van der Waals surface area contributed by atoms with E-state index < -0.39 is 0 Å². The second-order valence-corrected chi connectivity index (χ2v) is 6.69. The van der Waals surface area contributed by atoms with E-state index in [1.807, 2.05) is 25.7 Å². The van der Waals surface area contributed by atoms with E-state index in [4.69, 9.17) is 10.5 Å². The number of carbonyl (C=O) groups excluding carboxylic acids is 2. The first kappa shape index (κ1) is 17.0. The van der Waals surface area contributed by atoms with Crippen molar-refractivity contribution in [1.82, 2.24) is 4.90 Å². The molecule has 1 amide bonds. The first-order chi connectivity index (χ1) is 9.25. The van der Waals surface area contributed by atoms with Gasteiger partial charge in [-0.2, -0.15) is 0 Å². The number of nitrogens with zero attached hydrogens (tertiary/aromatic N) is 1. The van der Waals surface area contributed by atoms with Crippen LogP contribution in [0.25, 0.3) is 0 Å². The van der Waals surface area contributed by atoms with Crippen LogP contribution in [0.5, 0.6) is 0 Å². The van der Waals surface area contributed by atoms with Crippen molar-refractivity contribution in [2.45, 2.75) is 65.0 Å². The molecule has 116 valence electrons. The lowest BCUT2D eigenvalue weighted by atomic mass is 9.85. The highest BCUT2D eigenvalue weighted by atomic mass is 16.5. The van der Waals surface area contributed by atoms with Gasteiger partial charge in [-0.25, -0.2) is 0 Å². The van der Waals surface area contributed by atoms with Crippen LogP contribution in [0.3, 0.4) is 0 Å². The van der Waals surface area contributed by atoms with Gasteiger partial charge in [0.05, 0.1) is 13.5 Å². The van der Waals surface area contributed by atoms with E-state index >= 15 is 0 Å². The third kappa shape index (κ3) is 4.78. The van der Waals surface area contributed by atoms with Gasteiger partial charge < -0.3 is 15.4 Å². The van der Waals surface area contributed by atoms with Crippen LogP contribution in [0.2, 0.25) is 0 Å². The molecule has 5 heteroatoms. The molecule has 1 aliphatic heterocycles. The van der Waals surface area contributed by atoms with Gasteiger partial charge in [-0.05, 0) is 24.7 Å². The van der Waals surface area contributed by atoms with Crippen LogP contribution in [-0.2, 0) is 14.3 Å². The third-order valence-electron chi connectivity index (χ3n) is 4.08. The zero-order valence-electron chi connectivity index (χ0n) is 13.1. The van der Waals surface area contributed by atoms with Crippen molar-refractivity contribution in [3.05, 3.63) is 0 Å². The normalized spacial score (nSPS) is 21.4. The van der Waals surface area contributed by atoms with Crippen molar-refractivity contribution < 1.29 is 14.3 Å². The number of carbonyl (C=O) groups is 2. The van der Waals surface area contributed by atoms with Crippen molar-refractivity contribution in [3.8, 4) is 0 Å². The van der Waals surface area contributed by atoms with E-state index in [9.17, 15) is 9.59 Å². The van der Waals surface area contributed by atoms with E-state index in [0.29, 0.717) is 6.42 Å². The van der Waals surface area contributed by atoms with E-state index in [-0.39, 0.29) is 35.8 Å². The lowest BCUT2D eigenvalue weighted by Gasteiger charge is -2.37. The van der Waals surface area contributed by atoms with Crippen molar-refractivity contribution in [3.63, 3.8) is 0 Å². The number of nitrogens with two attached hydrogens (primary N) is 1. The minimum Gasteiger partial charge on any atom is -0.469 e. The summed E-state index contributed by atoms with van der Waals surface area (Å²) in [5.74, 6) is -0.198. The molecule has 0 bridgehead atoms. The summed E-state index contributed by atoms with van der Waals surface area (Å²) in [6.07, 6.45) is 3.53. The molecule has 5 nitrogen and oxygen atoms in total. The maximum atomic E-state index is 12.4. The van der Waals surface area contributed by atoms with E-state index in [1.165, 1.54) is 7.11 Å². The first-order valence-electron chi connectivity index (χ1n) is 7.37. The minimum atomic E-state index is -0.255. The maximum absolute atomic E-state index is 12.4. The Morgan fingerprint density at radius 2 is 2.00 bits per heavy atom.